The molecule has 0 bridgehead atoms. The highest BCUT2D eigenvalue weighted by Gasteiger charge is 2.11. The fourth-order valence-corrected chi connectivity index (χ4v) is 1.84. The Kier molecular flexibility index (Phi) is 6.97. The third kappa shape index (κ3) is 5.14. The second-order valence-electron chi connectivity index (χ2n) is 4.47. The number of carbonyl (C=O) groups is 1. The van der Waals surface area contributed by atoms with Crippen LogP contribution in [0.4, 0.5) is 10.1 Å². The van der Waals surface area contributed by atoms with Gasteiger partial charge in [0.1, 0.15) is 5.82 Å². The number of benzene rings is 1. The standard InChI is InChI=1S/C14H22FN3O2/c1-16-14(19)10-18(2)13-5-4-12(15)8-11(13)9-17-6-7-20-3/h4-5,8,17H,6-7,9-10H2,1-3H3,(H,16,19). The van der Waals surface area contributed by atoms with E-state index in [1.54, 1.807) is 32.2 Å². The van der Waals surface area contributed by atoms with E-state index in [9.17, 15) is 9.18 Å². The number of nitrogens with one attached hydrogen (secondary N) is 2. The summed E-state index contributed by atoms with van der Waals surface area (Å²) >= 11 is 0. The van der Waals surface area contributed by atoms with Gasteiger partial charge in [0.05, 0.1) is 13.2 Å². The summed E-state index contributed by atoms with van der Waals surface area (Å²) in [5.41, 5.74) is 1.65. The van der Waals surface area contributed by atoms with Gasteiger partial charge in [-0.05, 0) is 23.8 Å². The van der Waals surface area contributed by atoms with Crippen molar-refractivity contribution < 1.29 is 13.9 Å². The molecular formula is C14H22FN3O2. The van der Waals surface area contributed by atoms with Crippen molar-refractivity contribution in [3.8, 4) is 0 Å². The van der Waals surface area contributed by atoms with Crippen molar-refractivity contribution in [2.75, 3.05) is 45.8 Å². The first-order chi connectivity index (χ1) is 9.58. The van der Waals surface area contributed by atoms with Crippen LogP contribution in [0.3, 0.4) is 0 Å². The molecular weight excluding hydrogens is 261 g/mol. The van der Waals surface area contributed by atoms with Crippen LogP contribution in [0.25, 0.3) is 0 Å². The molecule has 0 spiro atoms. The van der Waals surface area contributed by atoms with E-state index in [-0.39, 0.29) is 18.3 Å². The SMILES string of the molecule is CNC(=O)CN(C)c1ccc(F)cc1CNCCOC. The van der Waals surface area contributed by atoms with Gasteiger partial charge < -0.3 is 20.3 Å². The third-order valence-corrected chi connectivity index (χ3v) is 2.91. The van der Waals surface area contributed by atoms with Crippen molar-refractivity contribution in [1.29, 1.82) is 0 Å². The summed E-state index contributed by atoms with van der Waals surface area (Å²) < 4.78 is 18.3. The van der Waals surface area contributed by atoms with E-state index in [1.165, 1.54) is 12.1 Å². The van der Waals surface area contributed by atoms with Gasteiger partial charge in [-0.3, -0.25) is 4.79 Å². The number of carbonyl (C=O) groups excluding carboxylic acids is 1. The molecule has 0 saturated heterocycles. The van der Waals surface area contributed by atoms with Crippen LogP contribution in [0.15, 0.2) is 18.2 Å². The third-order valence-electron chi connectivity index (χ3n) is 2.91. The summed E-state index contributed by atoms with van der Waals surface area (Å²) in [5.74, 6) is -0.374. The predicted molar refractivity (Wildman–Crippen MR) is 77.3 cm³/mol. The first-order valence-electron chi connectivity index (χ1n) is 6.48. The lowest BCUT2D eigenvalue weighted by molar-refractivity contribution is -0.119. The maximum atomic E-state index is 13.4. The van der Waals surface area contributed by atoms with Crippen molar-refractivity contribution in [3.63, 3.8) is 0 Å². The van der Waals surface area contributed by atoms with Crippen LogP contribution in [0.5, 0.6) is 0 Å². The molecule has 0 atom stereocenters. The van der Waals surface area contributed by atoms with E-state index in [2.05, 4.69) is 10.6 Å². The maximum absolute atomic E-state index is 13.4. The molecule has 0 aliphatic carbocycles. The lowest BCUT2D eigenvalue weighted by Crippen LogP contribution is -2.33. The van der Waals surface area contributed by atoms with Gasteiger partial charge in [0.2, 0.25) is 5.91 Å². The first kappa shape index (κ1) is 16.4. The number of hydrogen-bond acceptors (Lipinski definition) is 4. The van der Waals surface area contributed by atoms with E-state index in [0.717, 1.165) is 11.3 Å². The van der Waals surface area contributed by atoms with Crippen LogP contribution in [0.2, 0.25) is 0 Å². The van der Waals surface area contributed by atoms with Crippen molar-refractivity contribution in [3.05, 3.63) is 29.6 Å². The molecule has 0 aromatic heterocycles. The normalized spacial score (nSPS) is 10.4. The molecule has 0 heterocycles. The van der Waals surface area contributed by atoms with Gasteiger partial charge in [0.25, 0.3) is 0 Å². The predicted octanol–water partition coefficient (Wildman–Crippen LogP) is 0.744. The van der Waals surface area contributed by atoms with Crippen LogP contribution >= 0.6 is 0 Å². The Labute approximate surface area is 119 Å². The summed E-state index contributed by atoms with van der Waals surface area (Å²) in [7, 11) is 5.03. The number of amides is 1. The maximum Gasteiger partial charge on any atom is 0.239 e. The van der Waals surface area contributed by atoms with Crippen LogP contribution in [0.1, 0.15) is 5.56 Å². The molecule has 112 valence electrons. The minimum Gasteiger partial charge on any atom is -0.383 e. The molecule has 5 nitrogen and oxygen atoms in total. The average Bonchev–Trinajstić information content (AvgIpc) is 2.43. The monoisotopic (exact) mass is 283 g/mol. The molecule has 0 aliphatic heterocycles. The smallest absolute Gasteiger partial charge is 0.239 e. The second kappa shape index (κ2) is 8.50. The quantitative estimate of drug-likeness (QED) is 0.691. The molecule has 1 rings (SSSR count). The van der Waals surface area contributed by atoms with E-state index < -0.39 is 0 Å². The van der Waals surface area contributed by atoms with Crippen molar-refractivity contribution in [2.24, 2.45) is 0 Å². The number of likely N-dealkylation sites (N-methyl/N-ethyl adjacent to an activating group) is 2. The van der Waals surface area contributed by atoms with Gasteiger partial charge in [-0.15, -0.1) is 0 Å². The molecule has 1 aromatic carbocycles. The molecule has 1 amide bonds. The minimum atomic E-state index is -0.286. The van der Waals surface area contributed by atoms with Gasteiger partial charge in [0, 0.05) is 40.0 Å². The lowest BCUT2D eigenvalue weighted by atomic mass is 10.1. The summed E-state index contributed by atoms with van der Waals surface area (Å²) in [5, 5.41) is 5.74. The number of halogens is 1. The van der Waals surface area contributed by atoms with Crippen LogP contribution in [-0.2, 0) is 16.1 Å². The number of nitrogens with zero attached hydrogens (tertiary/aromatic N) is 1. The highest BCUT2D eigenvalue weighted by molar-refractivity contribution is 5.81. The van der Waals surface area contributed by atoms with E-state index >= 15 is 0 Å². The van der Waals surface area contributed by atoms with E-state index in [0.29, 0.717) is 19.7 Å². The Hall–Kier alpha value is -1.66. The van der Waals surface area contributed by atoms with Crippen molar-refractivity contribution in [1.82, 2.24) is 10.6 Å². The fraction of sp³-hybridized carbons (Fsp3) is 0.500. The Morgan fingerprint density at radius 3 is 2.85 bits per heavy atom. The summed E-state index contributed by atoms with van der Waals surface area (Å²) in [6, 6.07) is 4.56. The summed E-state index contributed by atoms with van der Waals surface area (Å²) in [6.45, 7) is 2.03. The zero-order chi connectivity index (χ0) is 15.0. The number of rotatable bonds is 8. The van der Waals surface area contributed by atoms with Crippen molar-refractivity contribution >= 4 is 11.6 Å². The molecule has 2 N–H and O–H groups in total. The van der Waals surface area contributed by atoms with Gasteiger partial charge in [-0.2, -0.15) is 0 Å². The molecule has 1 aromatic rings. The number of ether oxygens (including phenoxy) is 1. The fourth-order valence-electron chi connectivity index (χ4n) is 1.84. The molecule has 0 aliphatic rings. The first-order valence-corrected chi connectivity index (χ1v) is 6.48. The van der Waals surface area contributed by atoms with E-state index in [4.69, 9.17) is 4.74 Å². The summed E-state index contributed by atoms with van der Waals surface area (Å²) in [6.07, 6.45) is 0. The largest absolute Gasteiger partial charge is 0.383 e. The second-order valence-corrected chi connectivity index (χ2v) is 4.47. The van der Waals surface area contributed by atoms with Gasteiger partial charge in [-0.25, -0.2) is 4.39 Å². The highest BCUT2D eigenvalue weighted by Crippen LogP contribution is 2.20. The van der Waals surface area contributed by atoms with Crippen LogP contribution < -0.4 is 15.5 Å². The zero-order valence-corrected chi connectivity index (χ0v) is 12.2. The van der Waals surface area contributed by atoms with Gasteiger partial charge in [-0.1, -0.05) is 0 Å². The Bertz CT molecular complexity index is 440. The molecule has 0 saturated carbocycles. The number of methoxy groups -OCH3 is 1. The molecule has 0 radical (unpaired) electrons. The molecule has 6 heteroatoms. The van der Waals surface area contributed by atoms with Crippen molar-refractivity contribution in [2.45, 2.75) is 6.54 Å². The Morgan fingerprint density at radius 2 is 2.20 bits per heavy atom. The number of anilines is 1. The average molecular weight is 283 g/mol. The van der Waals surface area contributed by atoms with E-state index in [1.807, 2.05) is 0 Å². The molecule has 20 heavy (non-hydrogen) atoms. The van der Waals surface area contributed by atoms with Crippen LogP contribution in [-0.4, -0.2) is 46.8 Å². The van der Waals surface area contributed by atoms with Crippen LogP contribution in [0, 0.1) is 5.82 Å². The Balaban J connectivity index is 2.75. The summed E-state index contributed by atoms with van der Waals surface area (Å²) in [4.78, 5) is 13.2. The minimum absolute atomic E-state index is 0.0879. The molecule has 0 unspecified atom stereocenters. The van der Waals surface area contributed by atoms with Gasteiger partial charge in [0.15, 0.2) is 0 Å². The van der Waals surface area contributed by atoms with Gasteiger partial charge >= 0.3 is 0 Å². The molecule has 0 fully saturated rings. The topological polar surface area (TPSA) is 53.6 Å². The Morgan fingerprint density at radius 1 is 1.45 bits per heavy atom. The lowest BCUT2D eigenvalue weighted by Gasteiger charge is -2.22. The zero-order valence-electron chi connectivity index (χ0n) is 12.2. The number of hydrogen-bond donors (Lipinski definition) is 2. The highest BCUT2D eigenvalue weighted by atomic mass is 19.1.